The second-order valence-corrected chi connectivity index (χ2v) is 3.91. The molecule has 1 heteroatoms. The minimum absolute atomic E-state index is 0.818. The van der Waals surface area contributed by atoms with Crippen LogP contribution >= 0.6 is 0 Å². The quantitative estimate of drug-likeness (QED) is 0.506. The van der Waals surface area contributed by atoms with Gasteiger partial charge in [0, 0.05) is 0 Å². The van der Waals surface area contributed by atoms with Crippen LogP contribution in [0.5, 0.6) is 5.75 Å². The van der Waals surface area contributed by atoms with Gasteiger partial charge >= 0.3 is 0 Å². The van der Waals surface area contributed by atoms with Gasteiger partial charge in [-0.2, -0.15) is 0 Å². The molecule has 0 N–H and O–H groups in total. The smallest absolute Gasteiger partial charge is 0.127 e. The molecule has 0 unspecified atom stereocenters. The monoisotopic (exact) mass is 244 g/mol. The lowest BCUT2D eigenvalue weighted by molar-refractivity contribution is 0.443. The molecule has 18 heavy (non-hydrogen) atoms. The van der Waals surface area contributed by atoms with E-state index < -0.39 is 0 Å². The predicted octanol–water partition coefficient (Wildman–Crippen LogP) is 5.44. The van der Waals surface area contributed by atoms with Crippen LogP contribution in [-0.4, -0.2) is 0 Å². The third-order valence-electron chi connectivity index (χ3n) is 1.94. The lowest BCUT2D eigenvalue weighted by Gasteiger charge is -2.05. The SMILES string of the molecule is C=C/C=C\C(=C/C)Oc1ccc(C)cc1.CCC. The molecule has 0 spiro atoms. The second-order valence-electron chi connectivity index (χ2n) is 3.91. The Labute approximate surface area is 111 Å². The number of aryl methyl sites for hydroxylation is 1. The van der Waals surface area contributed by atoms with E-state index in [1.807, 2.05) is 49.4 Å². The molecule has 0 saturated heterocycles. The molecule has 0 bridgehead atoms. The first-order valence-corrected chi connectivity index (χ1v) is 6.37. The third-order valence-corrected chi connectivity index (χ3v) is 1.94. The van der Waals surface area contributed by atoms with Gasteiger partial charge in [0.2, 0.25) is 0 Å². The second kappa shape index (κ2) is 10.4. The molecule has 98 valence electrons. The van der Waals surface area contributed by atoms with E-state index in [2.05, 4.69) is 27.4 Å². The van der Waals surface area contributed by atoms with Crippen LogP contribution in [0.3, 0.4) is 0 Å². The van der Waals surface area contributed by atoms with Gasteiger partial charge < -0.3 is 4.74 Å². The van der Waals surface area contributed by atoms with E-state index in [4.69, 9.17) is 4.74 Å². The number of benzene rings is 1. The average molecular weight is 244 g/mol. The Morgan fingerprint density at radius 1 is 1.22 bits per heavy atom. The average Bonchev–Trinajstić information content (AvgIpc) is 2.38. The van der Waals surface area contributed by atoms with E-state index in [1.165, 1.54) is 12.0 Å². The van der Waals surface area contributed by atoms with E-state index in [9.17, 15) is 0 Å². The van der Waals surface area contributed by atoms with Crippen molar-refractivity contribution in [3.63, 3.8) is 0 Å². The Kier molecular flexibility index (Phi) is 9.38. The Bertz CT molecular complexity index is 383. The molecule has 1 rings (SSSR count). The molecule has 0 amide bonds. The highest BCUT2D eigenvalue weighted by molar-refractivity contribution is 5.30. The van der Waals surface area contributed by atoms with E-state index in [-0.39, 0.29) is 0 Å². The fourth-order valence-corrected chi connectivity index (χ4v) is 1.09. The maximum Gasteiger partial charge on any atom is 0.127 e. The summed E-state index contributed by atoms with van der Waals surface area (Å²) in [6.07, 6.45) is 8.62. The maximum atomic E-state index is 5.65. The van der Waals surface area contributed by atoms with Crippen molar-refractivity contribution in [1.82, 2.24) is 0 Å². The zero-order valence-electron chi connectivity index (χ0n) is 11.9. The highest BCUT2D eigenvalue weighted by Crippen LogP contribution is 2.15. The fraction of sp³-hybridized carbons (Fsp3) is 0.294. The van der Waals surface area contributed by atoms with Gasteiger partial charge in [-0.15, -0.1) is 0 Å². The lowest BCUT2D eigenvalue weighted by atomic mass is 10.2. The summed E-state index contributed by atoms with van der Waals surface area (Å²) < 4.78 is 5.65. The molecule has 0 radical (unpaired) electrons. The van der Waals surface area contributed by atoms with E-state index in [0.29, 0.717) is 0 Å². The minimum Gasteiger partial charge on any atom is -0.458 e. The van der Waals surface area contributed by atoms with Gasteiger partial charge in [-0.1, -0.05) is 56.7 Å². The van der Waals surface area contributed by atoms with Crippen LogP contribution in [0.1, 0.15) is 32.8 Å². The largest absolute Gasteiger partial charge is 0.458 e. The summed E-state index contributed by atoms with van der Waals surface area (Å²) >= 11 is 0. The van der Waals surface area contributed by atoms with Crippen LogP contribution in [0.15, 0.2) is 60.9 Å². The topological polar surface area (TPSA) is 9.23 Å². The van der Waals surface area contributed by atoms with Gasteiger partial charge in [0.1, 0.15) is 11.5 Å². The van der Waals surface area contributed by atoms with Crippen LogP contribution in [0, 0.1) is 6.92 Å². The van der Waals surface area contributed by atoms with Gasteiger partial charge in [0.05, 0.1) is 0 Å². The van der Waals surface area contributed by atoms with Crippen molar-refractivity contribution >= 4 is 0 Å². The Balaban J connectivity index is 0.000000873. The number of allylic oxidation sites excluding steroid dienone is 4. The summed E-state index contributed by atoms with van der Waals surface area (Å²) in [6, 6.07) is 7.97. The van der Waals surface area contributed by atoms with E-state index in [1.54, 1.807) is 6.08 Å². The van der Waals surface area contributed by atoms with Crippen LogP contribution in [-0.2, 0) is 0 Å². The molecule has 0 fully saturated rings. The Morgan fingerprint density at radius 3 is 2.22 bits per heavy atom. The minimum atomic E-state index is 0.818. The first-order valence-electron chi connectivity index (χ1n) is 6.37. The predicted molar refractivity (Wildman–Crippen MR) is 80.9 cm³/mol. The Hall–Kier alpha value is -1.76. The zero-order valence-corrected chi connectivity index (χ0v) is 11.9. The molecule has 1 aromatic carbocycles. The highest BCUT2D eigenvalue weighted by atomic mass is 16.5. The molecular formula is C17H24O. The summed E-state index contributed by atoms with van der Waals surface area (Å²) in [5.74, 6) is 1.67. The summed E-state index contributed by atoms with van der Waals surface area (Å²) in [5.41, 5.74) is 1.23. The van der Waals surface area contributed by atoms with E-state index in [0.717, 1.165) is 11.5 Å². The first-order chi connectivity index (χ1) is 8.67. The number of rotatable bonds is 4. The van der Waals surface area contributed by atoms with Gasteiger partial charge in [-0.25, -0.2) is 0 Å². The highest BCUT2D eigenvalue weighted by Gasteiger charge is 1.95. The van der Waals surface area contributed by atoms with Crippen LogP contribution in [0.2, 0.25) is 0 Å². The summed E-state index contributed by atoms with van der Waals surface area (Å²) in [4.78, 5) is 0. The molecule has 0 heterocycles. The molecule has 0 aliphatic rings. The van der Waals surface area contributed by atoms with Crippen LogP contribution < -0.4 is 4.74 Å². The summed E-state index contributed by atoms with van der Waals surface area (Å²) in [7, 11) is 0. The van der Waals surface area contributed by atoms with E-state index >= 15 is 0 Å². The molecule has 1 aromatic rings. The van der Waals surface area contributed by atoms with Crippen molar-refractivity contribution < 1.29 is 4.74 Å². The third kappa shape index (κ3) is 7.50. The molecule has 0 atom stereocenters. The van der Waals surface area contributed by atoms with Gasteiger partial charge in [-0.3, -0.25) is 0 Å². The first kappa shape index (κ1) is 16.2. The van der Waals surface area contributed by atoms with Crippen molar-refractivity contribution in [2.24, 2.45) is 0 Å². The van der Waals surface area contributed by atoms with Gasteiger partial charge in [0.15, 0.2) is 0 Å². The standard InChI is InChI=1S/C14H16O.C3H8/c1-4-6-7-13(5-2)15-14-10-8-12(3)9-11-14;1-3-2/h4-11H,1H2,2-3H3;3H2,1-2H3/b7-6-,13-5+;. The van der Waals surface area contributed by atoms with Crippen molar-refractivity contribution in [2.75, 3.05) is 0 Å². The normalized spacial score (nSPS) is 10.8. The van der Waals surface area contributed by atoms with Crippen LogP contribution in [0.25, 0.3) is 0 Å². The molecule has 1 nitrogen and oxygen atoms in total. The molecule has 0 aliphatic carbocycles. The van der Waals surface area contributed by atoms with Crippen molar-refractivity contribution in [2.45, 2.75) is 34.1 Å². The molecular weight excluding hydrogens is 220 g/mol. The maximum absolute atomic E-state index is 5.65. The fourth-order valence-electron chi connectivity index (χ4n) is 1.09. The lowest BCUT2D eigenvalue weighted by Crippen LogP contribution is -1.91. The van der Waals surface area contributed by atoms with Crippen molar-refractivity contribution in [3.8, 4) is 5.75 Å². The Morgan fingerprint density at radius 2 is 1.78 bits per heavy atom. The zero-order chi connectivity index (χ0) is 13.8. The molecule has 0 saturated carbocycles. The number of hydrogen-bond donors (Lipinski definition) is 0. The van der Waals surface area contributed by atoms with Crippen molar-refractivity contribution in [1.29, 1.82) is 0 Å². The number of ether oxygens (including phenoxy) is 1. The summed E-state index contributed by atoms with van der Waals surface area (Å²) in [5, 5.41) is 0. The van der Waals surface area contributed by atoms with Crippen molar-refractivity contribution in [3.05, 3.63) is 66.5 Å². The summed E-state index contributed by atoms with van der Waals surface area (Å²) in [6.45, 7) is 11.9. The van der Waals surface area contributed by atoms with Gasteiger partial charge in [0.25, 0.3) is 0 Å². The van der Waals surface area contributed by atoms with Crippen LogP contribution in [0.4, 0.5) is 0 Å². The number of hydrogen-bond acceptors (Lipinski definition) is 1. The van der Waals surface area contributed by atoms with Gasteiger partial charge in [-0.05, 0) is 38.1 Å². The molecule has 0 aromatic heterocycles. The molecule has 0 aliphatic heterocycles.